The van der Waals surface area contributed by atoms with Crippen molar-refractivity contribution in [3.8, 4) is 0 Å². The van der Waals surface area contributed by atoms with Gasteiger partial charge in [-0.1, -0.05) is 6.92 Å². The van der Waals surface area contributed by atoms with Crippen molar-refractivity contribution in [3.63, 3.8) is 0 Å². The van der Waals surface area contributed by atoms with E-state index in [0.29, 0.717) is 13.3 Å². The molecule has 1 aromatic carbocycles. The fraction of sp³-hybridized carbons (Fsp3) is 0.133. The molecule has 0 radical (unpaired) electrons. The van der Waals surface area contributed by atoms with E-state index in [1.807, 2.05) is 0 Å². The van der Waals surface area contributed by atoms with Crippen LogP contribution in [0.2, 0.25) is 0 Å². The van der Waals surface area contributed by atoms with Crippen LogP contribution < -0.4 is 68.9 Å². The second-order valence-electron chi connectivity index (χ2n) is 5.28. The largest absolute Gasteiger partial charge is 1.00 e. The Morgan fingerprint density at radius 1 is 1.21 bits per heavy atom. The van der Waals surface area contributed by atoms with Crippen molar-refractivity contribution in [2.45, 2.75) is 13.3 Å². The number of fused-ring (bicyclic) bond motifs is 1. The van der Waals surface area contributed by atoms with Crippen LogP contribution in [-0.2, 0) is 4.57 Å². The average molecular weight is 566 g/mol. The van der Waals surface area contributed by atoms with Crippen molar-refractivity contribution in [3.05, 3.63) is 48.9 Å². The van der Waals surface area contributed by atoms with Crippen molar-refractivity contribution >= 4 is 73.4 Å². The van der Waals surface area contributed by atoms with E-state index >= 15 is 0 Å². The minimum absolute atomic E-state index is 0. The van der Waals surface area contributed by atoms with Gasteiger partial charge < -0.3 is 18.7 Å². The molecule has 0 spiro atoms. The van der Waals surface area contributed by atoms with Crippen LogP contribution in [0.25, 0.3) is 10.9 Å². The maximum absolute atomic E-state index is 12.8. The molecule has 136 valence electrons. The van der Waals surface area contributed by atoms with Crippen LogP contribution in [-0.4, -0.2) is 20.9 Å². The SMILES string of the molecule is CCC(=O)c1csc(C(=O)c2cn(P(=O)([O-])[O-])c3cc(Br)c(Br)cc23)n1.[Na+].[Na+]. The number of hydrogen-bond donors (Lipinski definition) is 0. The predicted molar refractivity (Wildman–Crippen MR) is 101 cm³/mol. The summed E-state index contributed by atoms with van der Waals surface area (Å²) in [4.78, 5) is 51.8. The summed E-state index contributed by atoms with van der Waals surface area (Å²) in [6.07, 6.45) is 1.25. The van der Waals surface area contributed by atoms with Gasteiger partial charge >= 0.3 is 59.1 Å². The van der Waals surface area contributed by atoms with Crippen LogP contribution >= 0.6 is 50.9 Å². The summed E-state index contributed by atoms with van der Waals surface area (Å²) in [5, 5.41) is 1.82. The van der Waals surface area contributed by atoms with Gasteiger partial charge in [-0.15, -0.1) is 11.3 Å². The van der Waals surface area contributed by atoms with Crippen LogP contribution in [0.1, 0.15) is 39.2 Å². The Hall–Kier alpha value is 0.840. The fourth-order valence-corrected chi connectivity index (χ4v) is 4.53. The van der Waals surface area contributed by atoms with E-state index in [-0.39, 0.29) is 98.5 Å². The summed E-state index contributed by atoms with van der Waals surface area (Å²) >= 11 is 7.54. The zero-order valence-electron chi connectivity index (χ0n) is 15.1. The van der Waals surface area contributed by atoms with Crippen LogP contribution in [0, 0.1) is 0 Å². The summed E-state index contributed by atoms with van der Waals surface area (Å²) in [5.41, 5.74) is 0.287. The van der Waals surface area contributed by atoms with Crippen LogP contribution in [0.3, 0.4) is 0 Å². The second-order valence-corrected chi connectivity index (χ2v) is 9.22. The molecule has 0 saturated carbocycles. The number of rotatable bonds is 5. The van der Waals surface area contributed by atoms with Crippen molar-refractivity contribution in [2.24, 2.45) is 0 Å². The van der Waals surface area contributed by atoms with Gasteiger partial charge in [-0.2, -0.15) is 0 Å². The van der Waals surface area contributed by atoms with Crippen molar-refractivity contribution in [2.75, 3.05) is 0 Å². The number of carbonyl (C=O) groups is 2. The van der Waals surface area contributed by atoms with Gasteiger partial charge in [0.1, 0.15) is 5.69 Å². The van der Waals surface area contributed by atoms with Gasteiger partial charge in [-0.3, -0.25) is 9.59 Å². The normalized spacial score (nSPS) is 11.0. The molecular weight excluding hydrogens is 557 g/mol. The Bertz CT molecular complexity index is 1110. The maximum Gasteiger partial charge on any atom is 1.00 e. The molecule has 0 aliphatic rings. The molecule has 28 heavy (non-hydrogen) atoms. The molecule has 0 aliphatic heterocycles. The maximum atomic E-state index is 12.8. The number of hydrogen-bond acceptors (Lipinski definition) is 7. The standard InChI is InChI=1S/C15H11Br2N2O5PS.2Na/c1-2-13(20)11-6-26-15(18-11)14(21)8-5-19(25(22,23)24)12-4-10(17)9(16)3-7(8)12;;/h3-6H,2H2,1H3,(H2,22,23,24);;/q;2*+1/p-2. The molecule has 3 rings (SSSR count). The smallest absolute Gasteiger partial charge is 0.795 e. The van der Waals surface area contributed by atoms with Gasteiger partial charge in [0.2, 0.25) is 5.78 Å². The van der Waals surface area contributed by atoms with Gasteiger partial charge in [-0.05, 0) is 44.0 Å². The number of nitrogens with zero attached hydrogens (tertiary/aromatic N) is 2. The Morgan fingerprint density at radius 2 is 1.82 bits per heavy atom. The topological polar surface area (TPSA) is 115 Å². The van der Waals surface area contributed by atoms with E-state index in [9.17, 15) is 23.9 Å². The Labute approximate surface area is 225 Å². The van der Waals surface area contributed by atoms with E-state index in [0.717, 1.165) is 17.5 Å². The number of carbonyl (C=O) groups excluding carboxylic acids is 2. The van der Waals surface area contributed by atoms with Gasteiger partial charge in [0.25, 0.3) is 0 Å². The van der Waals surface area contributed by atoms with Gasteiger partial charge in [0, 0.05) is 40.1 Å². The summed E-state index contributed by atoms with van der Waals surface area (Å²) in [7, 11) is -5.17. The third-order valence-corrected chi connectivity index (χ3v) is 7.18. The van der Waals surface area contributed by atoms with Gasteiger partial charge in [0.05, 0.1) is 11.1 Å². The molecule has 0 aliphatic carbocycles. The molecule has 3 aromatic rings. The fourth-order valence-electron chi connectivity index (χ4n) is 2.39. The molecular formula is C15H9Br2N2Na2O5PS. The molecule has 0 N–H and O–H groups in total. The number of Topliss-reactive ketones (excluding diaryl/α,β-unsaturated/α-hetero) is 1. The third-order valence-electron chi connectivity index (χ3n) is 3.64. The van der Waals surface area contributed by atoms with E-state index in [2.05, 4.69) is 36.8 Å². The number of halogens is 2. The van der Waals surface area contributed by atoms with Crippen molar-refractivity contribution in [1.29, 1.82) is 0 Å². The van der Waals surface area contributed by atoms with Crippen LogP contribution in [0.15, 0.2) is 32.7 Å². The number of ketones is 2. The van der Waals surface area contributed by atoms with E-state index < -0.39 is 13.5 Å². The molecule has 2 aromatic heterocycles. The predicted octanol–water partition coefficient (Wildman–Crippen LogP) is -2.87. The first-order chi connectivity index (χ1) is 12.1. The van der Waals surface area contributed by atoms with Gasteiger partial charge in [-0.25, -0.2) is 4.98 Å². The monoisotopic (exact) mass is 564 g/mol. The van der Waals surface area contributed by atoms with E-state index in [4.69, 9.17) is 0 Å². The summed E-state index contributed by atoms with van der Waals surface area (Å²) in [6, 6.07) is 2.98. The molecule has 0 fully saturated rings. The Morgan fingerprint density at radius 3 is 2.39 bits per heavy atom. The molecule has 0 unspecified atom stereocenters. The first-order valence-corrected chi connectivity index (χ1v) is 11.2. The minimum atomic E-state index is -5.17. The first-order valence-electron chi connectivity index (χ1n) is 7.20. The summed E-state index contributed by atoms with van der Waals surface area (Å²) in [6.45, 7) is 1.69. The van der Waals surface area contributed by atoms with E-state index in [1.54, 1.807) is 13.0 Å². The summed E-state index contributed by atoms with van der Waals surface area (Å²) in [5.74, 6) is -0.755. The number of thiazole rings is 1. The molecule has 7 nitrogen and oxygen atoms in total. The van der Waals surface area contributed by atoms with Crippen LogP contribution in [0.4, 0.5) is 0 Å². The summed E-state index contributed by atoms with van der Waals surface area (Å²) < 4.78 is 13.2. The first kappa shape index (κ1) is 26.9. The Balaban J connectivity index is 0.00000196. The minimum Gasteiger partial charge on any atom is -0.795 e. The van der Waals surface area contributed by atoms with Crippen LogP contribution in [0.5, 0.6) is 0 Å². The molecule has 13 heteroatoms. The number of benzene rings is 1. The quantitative estimate of drug-likeness (QED) is 0.187. The number of aromatic nitrogens is 2. The second kappa shape index (κ2) is 10.4. The van der Waals surface area contributed by atoms with Crippen molar-refractivity contribution in [1.82, 2.24) is 9.32 Å². The zero-order valence-corrected chi connectivity index (χ0v) is 23.9. The zero-order chi connectivity index (χ0) is 19.2. The Kier molecular flexibility index (Phi) is 10.0. The van der Waals surface area contributed by atoms with E-state index in [1.165, 1.54) is 11.4 Å². The van der Waals surface area contributed by atoms with Gasteiger partial charge in [0.15, 0.2) is 10.8 Å². The third kappa shape index (κ3) is 5.36. The molecule has 0 amide bonds. The molecule has 0 atom stereocenters. The molecule has 2 heterocycles. The molecule has 0 saturated heterocycles. The average Bonchev–Trinajstić information content (AvgIpc) is 3.19. The van der Waals surface area contributed by atoms with Crippen molar-refractivity contribution < 1.29 is 83.1 Å². The molecule has 0 bridgehead atoms.